The van der Waals surface area contributed by atoms with E-state index in [1.165, 1.54) is 0 Å². The number of carbonyl (C=O) groups is 1. The number of nitrogens with zero attached hydrogens (tertiary/aromatic N) is 5. The zero-order valence-corrected chi connectivity index (χ0v) is 18.3. The van der Waals surface area contributed by atoms with E-state index in [1.807, 2.05) is 46.0 Å². The molecule has 0 spiro atoms. The predicted octanol–water partition coefficient (Wildman–Crippen LogP) is 1.95. The minimum absolute atomic E-state index is 0.0129. The molecule has 3 heterocycles. The number of hydrogen-bond acceptors (Lipinski definition) is 8. The molecule has 0 aliphatic rings. The molecule has 6 N–H and O–H groups in total. The summed E-state index contributed by atoms with van der Waals surface area (Å²) in [6.45, 7) is 3.76. The average molecular weight is 430 g/mol. The second kappa shape index (κ2) is 8.72. The van der Waals surface area contributed by atoms with Crippen LogP contribution in [0.4, 0.5) is 27.5 Å². The Balaban J connectivity index is 2.04. The fraction of sp³-hybridized carbons (Fsp3) is 0.400. The van der Waals surface area contributed by atoms with E-state index in [-0.39, 0.29) is 29.3 Å². The van der Waals surface area contributed by atoms with Gasteiger partial charge in [-0.3, -0.25) is 4.79 Å². The first-order valence-corrected chi connectivity index (χ1v) is 9.91. The summed E-state index contributed by atoms with van der Waals surface area (Å²) in [5.74, 6) is -0.646. The van der Waals surface area contributed by atoms with E-state index in [2.05, 4.69) is 25.7 Å². The van der Waals surface area contributed by atoms with Crippen LogP contribution in [-0.2, 0) is 7.05 Å². The number of hydrogen-bond donors (Lipinski definition) is 4. The van der Waals surface area contributed by atoms with Crippen molar-refractivity contribution in [3.05, 3.63) is 29.7 Å². The summed E-state index contributed by atoms with van der Waals surface area (Å²) in [5, 5.41) is 11.3. The van der Waals surface area contributed by atoms with Gasteiger partial charge in [-0.2, -0.15) is 5.10 Å². The minimum atomic E-state index is -0.802. The number of carbonyl (C=O) groups excluding carboxylic acids is 1. The lowest BCUT2D eigenvalue weighted by molar-refractivity contribution is 0.100. The van der Waals surface area contributed by atoms with Gasteiger partial charge in [0.2, 0.25) is 0 Å². The number of halogens is 1. The van der Waals surface area contributed by atoms with Crippen molar-refractivity contribution in [1.82, 2.24) is 19.7 Å². The van der Waals surface area contributed by atoms with Crippen LogP contribution in [0.15, 0.2) is 18.3 Å². The highest BCUT2D eigenvalue weighted by Crippen LogP contribution is 2.29. The molecule has 31 heavy (non-hydrogen) atoms. The van der Waals surface area contributed by atoms with Crippen LogP contribution in [0.2, 0.25) is 0 Å². The summed E-state index contributed by atoms with van der Waals surface area (Å²) in [5.41, 5.74) is 12.6. The van der Waals surface area contributed by atoms with Crippen molar-refractivity contribution in [2.75, 3.05) is 29.6 Å². The van der Waals surface area contributed by atoms with Crippen molar-refractivity contribution >= 4 is 40.1 Å². The van der Waals surface area contributed by atoms with E-state index < -0.39 is 11.7 Å². The van der Waals surface area contributed by atoms with Gasteiger partial charge in [0, 0.05) is 33.2 Å². The maximum Gasteiger partial charge on any atom is 0.252 e. The topological polar surface area (TPSA) is 140 Å². The monoisotopic (exact) mass is 429 g/mol. The lowest BCUT2D eigenvalue weighted by Crippen LogP contribution is -2.38. The highest BCUT2D eigenvalue weighted by Gasteiger charge is 2.20. The summed E-state index contributed by atoms with van der Waals surface area (Å²) in [7, 11) is 5.58. The van der Waals surface area contributed by atoms with Crippen molar-refractivity contribution in [2.45, 2.75) is 32.4 Å². The van der Waals surface area contributed by atoms with Crippen molar-refractivity contribution in [2.24, 2.45) is 18.5 Å². The van der Waals surface area contributed by atoms with Gasteiger partial charge >= 0.3 is 0 Å². The second-order valence-electron chi connectivity index (χ2n) is 7.66. The average Bonchev–Trinajstić information content (AvgIpc) is 3.03. The summed E-state index contributed by atoms with van der Waals surface area (Å²) in [4.78, 5) is 22.5. The molecule has 0 radical (unpaired) electrons. The molecule has 3 aromatic rings. The molecule has 0 aliphatic heterocycles. The molecular weight excluding hydrogens is 401 g/mol. The minimum Gasteiger partial charge on any atom is -0.365 e. The Hall–Kier alpha value is -3.47. The molecule has 0 saturated heterocycles. The third-order valence-electron chi connectivity index (χ3n) is 4.98. The molecule has 0 aromatic carbocycles. The Morgan fingerprint density at radius 1 is 1.32 bits per heavy atom. The number of aryl methyl sites for hydroxylation is 1. The van der Waals surface area contributed by atoms with Crippen LogP contribution in [0.1, 0.15) is 30.6 Å². The number of aromatic nitrogens is 4. The summed E-state index contributed by atoms with van der Waals surface area (Å²) >= 11 is 0. The van der Waals surface area contributed by atoms with Gasteiger partial charge in [-0.15, -0.1) is 0 Å². The third-order valence-corrected chi connectivity index (χ3v) is 4.98. The molecule has 0 bridgehead atoms. The molecule has 0 aliphatic carbocycles. The van der Waals surface area contributed by atoms with Crippen LogP contribution in [0, 0.1) is 5.82 Å². The number of fused-ring (bicyclic) bond motifs is 1. The molecule has 3 rings (SSSR count). The first kappa shape index (κ1) is 22.2. The molecule has 0 unspecified atom stereocenters. The van der Waals surface area contributed by atoms with Crippen LogP contribution in [0.5, 0.6) is 0 Å². The Bertz CT molecular complexity index is 1110. The zero-order chi connectivity index (χ0) is 22.9. The zero-order valence-electron chi connectivity index (χ0n) is 18.3. The Labute approximate surface area is 179 Å². The highest BCUT2D eigenvalue weighted by atomic mass is 19.1. The van der Waals surface area contributed by atoms with Crippen molar-refractivity contribution in [1.29, 1.82) is 0 Å². The van der Waals surface area contributed by atoms with E-state index in [9.17, 15) is 9.18 Å². The number of nitrogens with two attached hydrogens (primary N) is 2. The molecule has 0 saturated carbocycles. The third kappa shape index (κ3) is 4.50. The Morgan fingerprint density at radius 2 is 2.03 bits per heavy atom. The van der Waals surface area contributed by atoms with Crippen LogP contribution < -0.4 is 27.0 Å². The summed E-state index contributed by atoms with van der Waals surface area (Å²) in [6, 6.07) is 2.49. The van der Waals surface area contributed by atoms with E-state index in [0.29, 0.717) is 17.8 Å². The van der Waals surface area contributed by atoms with Gasteiger partial charge in [0.15, 0.2) is 23.1 Å². The van der Waals surface area contributed by atoms with Gasteiger partial charge in [-0.05, 0) is 25.5 Å². The molecule has 166 valence electrons. The molecule has 0 fully saturated rings. The molecule has 3 aromatic heterocycles. The van der Waals surface area contributed by atoms with Crippen LogP contribution in [0.3, 0.4) is 0 Å². The summed E-state index contributed by atoms with van der Waals surface area (Å²) < 4.78 is 16.3. The van der Waals surface area contributed by atoms with Gasteiger partial charge in [-0.1, -0.05) is 6.92 Å². The predicted molar refractivity (Wildman–Crippen MR) is 120 cm³/mol. The maximum absolute atomic E-state index is 14.6. The molecule has 10 nitrogen and oxygen atoms in total. The van der Waals surface area contributed by atoms with Gasteiger partial charge in [0.25, 0.3) is 5.91 Å². The molecule has 2 atom stereocenters. The normalized spacial score (nSPS) is 13.1. The lowest BCUT2D eigenvalue weighted by atomic mass is 10.1. The SMILES string of the molecule is CC[C@@H](Nc1nc(Nc2cnc3c(c2)c(N(C)C)nn3C)c(C(N)=O)cc1F)[C@H](C)N. The molecule has 11 heteroatoms. The van der Waals surface area contributed by atoms with Crippen molar-refractivity contribution in [3.63, 3.8) is 0 Å². The summed E-state index contributed by atoms with van der Waals surface area (Å²) in [6.07, 6.45) is 2.26. The largest absolute Gasteiger partial charge is 0.365 e. The number of amides is 1. The van der Waals surface area contributed by atoms with Crippen LogP contribution >= 0.6 is 0 Å². The number of nitrogens with one attached hydrogen (secondary N) is 2. The first-order chi connectivity index (χ1) is 14.6. The second-order valence-corrected chi connectivity index (χ2v) is 7.66. The van der Waals surface area contributed by atoms with Gasteiger partial charge < -0.3 is 27.0 Å². The number of primary amides is 1. The quantitative estimate of drug-likeness (QED) is 0.426. The Kier molecular flexibility index (Phi) is 6.25. The maximum atomic E-state index is 14.6. The first-order valence-electron chi connectivity index (χ1n) is 9.91. The van der Waals surface area contributed by atoms with Crippen LogP contribution in [0.25, 0.3) is 11.0 Å². The van der Waals surface area contributed by atoms with Gasteiger partial charge in [-0.25, -0.2) is 19.0 Å². The van der Waals surface area contributed by atoms with E-state index >= 15 is 0 Å². The van der Waals surface area contributed by atoms with Gasteiger partial charge in [0.05, 0.1) is 22.8 Å². The fourth-order valence-electron chi connectivity index (χ4n) is 3.31. The standard InChI is InChI=1S/C20H28FN9O/c1-6-15(10(2)22)26-18-14(21)8-12(16(23)31)17(27-18)25-11-7-13-19(24-9-11)30(5)28-20(13)29(3)4/h7-10,15H,6,22H2,1-5H3,(H2,23,31)(H2,25,26,27)/t10-,15+/m0/s1. The van der Waals surface area contributed by atoms with E-state index in [1.54, 1.807) is 10.9 Å². The number of anilines is 4. The molecule has 1 amide bonds. The van der Waals surface area contributed by atoms with E-state index in [0.717, 1.165) is 17.3 Å². The van der Waals surface area contributed by atoms with E-state index in [4.69, 9.17) is 11.5 Å². The van der Waals surface area contributed by atoms with Crippen molar-refractivity contribution in [3.8, 4) is 0 Å². The number of rotatable bonds is 8. The smallest absolute Gasteiger partial charge is 0.252 e. The Morgan fingerprint density at radius 3 is 2.61 bits per heavy atom. The van der Waals surface area contributed by atoms with Crippen molar-refractivity contribution < 1.29 is 9.18 Å². The van der Waals surface area contributed by atoms with Gasteiger partial charge in [0.1, 0.15) is 5.82 Å². The van der Waals surface area contributed by atoms with Crippen LogP contribution in [-0.4, -0.2) is 51.8 Å². The molecular formula is C20H28FN9O. The fourth-order valence-corrected chi connectivity index (χ4v) is 3.31. The highest BCUT2D eigenvalue weighted by molar-refractivity contribution is 5.99. The lowest BCUT2D eigenvalue weighted by Gasteiger charge is -2.22. The number of pyridine rings is 2.